The number of alkyl halides is 3. The van der Waals surface area contributed by atoms with Gasteiger partial charge >= 0.3 is 6.30 Å². The van der Waals surface area contributed by atoms with Crippen LogP contribution in [0.15, 0.2) is 24.3 Å². The first-order chi connectivity index (χ1) is 6.90. The lowest BCUT2D eigenvalue weighted by Crippen LogP contribution is -2.31. The summed E-state index contributed by atoms with van der Waals surface area (Å²) in [5.41, 5.74) is 0.663. The molecule has 0 fully saturated rings. The third-order valence-electron chi connectivity index (χ3n) is 1.88. The maximum Gasteiger partial charge on any atom is 0.457 e. The first kappa shape index (κ1) is 11.7. The van der Waals surface area contributed by atoms with Crippen LogP contribution in [0.3, 0.4) is 0 Å². The zero-order valence-electron chi connectivity index (χ0n) is 8.06. The van der Waals surface area contributed by atoms with Crippen LogP contribution in [-0.4, -0.2) is 12.1 Å². The molecule has 2 nitrogen and oxygen atoms in total. The van der Waals surface area contributed by atoms with E-state index >= 15 is 0 Å². The van der Waals surface area contributed by atoms with Gasteiger partial charge in [-0.25, -0.2) is 5.32 Å². The minimum Gasteiger partial charge on any atom is -0.295 e. The fourth-order valence-electron chi connectivity index (χ4n) is 1.21. The number of ketones is 1. The Kier molecular flexibility index (Phi) is 3.47. The zero-order chi connectivity index (χ0) is 11.5. The smallest absolute Gasteiger partial charge is 0.295 e. The van der Waals surface area contributed by atoms with Crippen molar-refractivity contribution in [1.29, 1.82) is 0 Å². The van der Waals surface area contributed by atoms with Gasteiger partial charge in [0.1, 0.15) is 0 Å². The molecule has 0 heterocycles. The van der Waals surface area contributed by atoms with Crippen molar-refractivity contribution in [3.63, 3.8) is 0 Å². The number of carbonyl (C=O) groups excluding carboxylic acids is 1. The first-order valence-electron chi connectivity index (χ1n) is 4.31. The molecular weight excluding hydrogens is 207 g/mol. The van der Waals surface area contributed by atoms with Gasteiger partial charge in [0, 0.05) is 12.1 Å². The minimum absolute atomic E-state index is 0.241. The normalized spacial score (nSPS) is 11.5. The topological polar surface area (TPSA) is 29.1 Å². The highest BCUT2D eigenvalue weighted by atomic mass is 19.4. The summed E-state index contributed by atoms with van der Waals surface area (Å²) in [6.07, 6.45) is -4.43. The molecule has 1 N–H and O–H groups in total. The Balaban J connectivity index is 2.81. The van der Waals surface area contributed by atoms with E-state index in [1.54, 1.807) is 12.1 Å². The summed E-state index contributed by atoms with van der Waals surface area (Å²) in [6, 6.07) is 6.22. The lowest BCUT2D eigenvalue weighted by molar-refractivity contribution is -0.158. The van der Waals surface area contributed by atoms with Crippen LogP contribution >= 0.6 is 0 Å². The number of benzene rings is 1. The van der Waals surface area contributed by atoms with Gasteiger partial charge in [0.05, 0.1) is 0 Å². The quantitative estimate of drug-likeness (QED) is 0.622. The van der Waals surface area contributed by atoms with Gasteiger partial charge in [-0.2, -0.15) is 13.2 Å². The molecule has 0 amide bonds. The number of Topliss-reactive ketones (excluding diaryl/α,β-unsaturated/α-hetero) is 1. The van der Waals surface area contributed by atoms with Crippen LogP contribution < -0.4 is 5.32 Å². The van der Waals surface area contributed by atoms with Crippen molar-refractivity contribution in [1.82, 2.24) is 5.32 Å². The molecule has 1 aromatic carbocycles. The van der Waals surface area contributed by atoms with Gasteiger partial charge < -0.3 is 0 Å². The summed E-state index contributed by atoms with van der Waals surface area (Å²) in [6.45, 7) is 0.936. The van der Waals surface area contributed by atoms with E-state index in [0.717, 1.165) is 0 Å². The molecule has 1 rings (SSSR count). The van der Waals surface area contributed by atoms with Crippen molar-refractivity contribution in [2.24, 2.45) is 0 Å². The molecule has 0 aromatic heterocycles. The van der Waals surface area contributed by atoms with E-state index in [0.29, 0.717) is 11.1 Å². The van der Waals surface area contributed by atoms with Crippen LogP contribution in [0, 0.1) is 0 Å². The van der Waals surface area contributed by atoms with Crippen LogP contribution in [0.5, 0.6) is 0 Å². The summed E-state index contributed by atoms with van der Waals surface area (Å²) < 4.78 is 35.6. The molecule has 0 spiro atoms. The Labute approximate surface area is 85.1 Å². The van der Waals surface area contributed by atoms with Crippen LogP contribution in [0.4, 0.5) is 13.2 Å². The fourth-order valence-corrected chi connectivity index (χ4v) is 1.21. The number of hydrogen-bond acceptors (Lipinski definition) is 2. The third kappa shape index (κ3) is 3.71. The molecule has 0 radical (unpaired) electrons. The van der Waals surface area contributed by atoms with Crippen molar-refractivity contribution in [2.75, 3.05) is 0 Å². The standard InChI is InChI=1S/C10H10F3NO/c1-7(15)9-5-3-2-4-8(9)6-14-10(11,12)13/h2-5,14H,6H2,1H3. The van der Waals surface area contributed by atoms with Crippen molar-refractivity contribution in [3.05, 3.63) is 35.4 Å². The molecule has 0 atom stereocenters. The largest absolute Gasteiger partial charge is 0.457 e. The van der Waals surface area contributed by atoms with Gasteiger partial charge in [0.2, 0.25) is 0 Å². The van der Waals surface area contributed by atoms with E-state index < -0.39 is 6.30 Å². The second kappa shape index (κ2) is 4.44. The Morgan fingerprint density at radius 2 is 1.93 bits per heavy atom. The predicted octanol–water partition coefficient (Wildman–Crippen LogP) is 2.50. The maximum atomic E-state index is 11.9. The molecule has 0 aliphatic heterocycles. The Morgan fingerprint density at radius 1 is 1.33 bits per heavy atom. The van der Waals surface area contributed by atoms with Crippen molar-refractivity contribution in [3.8, 4) is 0 Å². The molecule has 82 valence electrons. The van der Waals surface area contributed by atoms with E-state index in [1.165, 1.54) is 24.4 Å². The number of hydrogen-bond donors (Lipinski definition) is 1. The molecule has 0 aliphatic carbocycles. The molecule has 0 aliphatic rings. The highest BCUT2D eigenvalue weighted by Crippen LogP contribution is 2.14. The van der Waals surface area contributed by atoms with E-state index in [4.69, 9.17) is 0 Å². The maximum absolute atomic E-state index is 11.9. The lowest BCUT2D eigenvalue weighted by atomic mass is 10.0. The molecule has 5 heteroatoms. The van der Waals surface area contributed by atoms with Crippen molar-refractivity contribution < 1.29 is 18.0 Å². The van der Waals surface area contributed by atoms with Gasteiger partial charge in [-0.1, -0.05) is 24.3 Å². The van der Waals surface area contributed by atoms with Gasteiger partial charge in [0.15, 0.2) is 5.78 Å². The number of nitrogens with one attached hydrogen (secondary N) is 1. The SMILES string of the molecule is CC(=O)c1ccccc1CNC(F)(F)F. The fraction of sp³-hybridized carbons (Fsp3) is 0.300. The Bertz CT molecular complexity index is 360. The van der Waals surface area contributed by atoms with Crippen LogP contribution in [-0.2, 0) is 6.54 Å². The van der Waals surface area contributed by atoms with Crippen molar-refractivity contribution in [2.45, 2.75) is 19.8 Å². The number of halogens is 3. The molecular formula is C10H10F3NO. The van der Waals surface area contributed by atoms with Crippen LogP contribution in [0.1, 0.15) is 22.8 Å². The van der Waals surface area contributed by atoms with Gasteiger partial charge in [0.25, 0.3) is 0 Å². The zero-order valence-corrected chi connectivity index (χ0v) is 8.06. The van der Waals surface area contributed by atoms with E-state index in [2.05, 4.69) is 0 Å². The predicted molar refractivity (Wildman–Crippen MR) is 49.3 cm³/mol. The Morgan fingerprint density at radius 3 is 2.47 bits per heavy atom. The van der Waals surface area contributed by atoms with Gasteiger partial charge in [-0.3, -0.25) is 4.79 Å². The van der Waals surface area contributed by atoms with Crippen LogP contribution in [0.25, 0.3) is 0 Å². The summed E-state index contributed by atoms with van der Waals surface area (Å²) >= 11 is 0. The molecule has 0 saturated carbocycles. The van der Waals surface area contributed by atoms with Gasteiger partial charge in [-0.15, -0.1) is 0 Å². The Hall–Kier alpha value is -1.36. The van der Waals surface area contributed by atoms with E-state index in [1.807, 2.05) is 0 Å². The molecule has 0 unspecified atom stereocenters. The highest BCUT2D eigenvalue weighted by molar-refractivity contribution is 5.95. The van der Waals surface area contributed by atoms with Crippen molar-refractivity contribution >= 4 is 5.78 Å². The van der Waals surface area contributed by atoms with Gasteiger partial charge in [-0.05, 0) is 12.5 Å². The average Bonchev–Trinajstić information content (AvgIpc) is 2.14. The molecule has 15 heavy (non-hydrogen) atoms. The second-order valence-corrected chi connectivity index (χ2v) is 3.06. The monoisotopic (exact) mass is 217 g/mol. The number of rotatable bonds is 3. The number of carbonyl (C=O) groups is 1. The van der Waals surface area contributed by atoms with E-state index in [-0.39, 0.29) is 12.3 Å². The first-order valence-corrected chi connectivity index (χ1v) is 4.31. The summed E-state index contributed by atoms with van der Waals surface area (Å²) in [5.74, 6) is -0.241. The molecule has 0 bridgehead atoms. The molecule has 0 saturated heterocycles. The molecule has 1 aromatic rings. The minimum atomic E-state index is -4.43. The average molecular weight is 217 g/mol. The van der Waals surface area contributed by atoms with Crippen LogP contribution in [0.2, 0.25) is 0 Å². The summed E-state index contributed by atoms with van der Waals surface area (Å²) in [4.78, 5) is 11.1. The van der Waals surface area contributed by atoms with E-state index in [9.17, 15) is 18.0 Å². The summed E-state index contributed by atoms with van der Waals surface area (Å²) in [5, 5.41) is 1.38. The lowest BCUT2D eigenvalue weighted by Gasteiger charge is -2.10. The third-order valence-corrected chi connectivity index (χ3v) is 1.88. The highest BCUT2D eigenvalue weighted by Gasteiger charge is 2.26. The summed E-state index contributed by atoms with van der Waals surface area (Å²) in [7, 11) is 0. The second-order valence-electron chi connectivity index (χ2n) is 3.06.